The molecule has 0 spiro atoms. The summed E-state index contributed by atoms with van der Waals surface area (Å²) in [4.78, 5) is 0. The SMILES string of the molecule is F.F.F.Fc1ccc(F)c(F)c1F. The summed E-state index contributed by atoms with van der Waals surface area (Å²) in [7, 11) is 0. The fourth-order valence-corrected chi connectivity index (χ4v) is 0.502. The average molecular weight is 210 g/mol. The smallest absolute Gasteiger partial charge is 0.197 e. The lowest BCUT2D eigenvalue weighted by Gasteiger charge is -1.93. The highest BCUT2D eigenvalue weighted by Gasteiger charge is 2.11. The largest absolute Gasteiger partial charge is 0.269 e. The van der Waals surface area contributed by atoms with Gasteiger partial charge in [-0.15, -0.1) is 0 Å². The maximum Gasteiger partial charge on any atom is 0.197 e. The lowest BCUT2D eigenvalue weighted by molar-refractivity contribution is 0.409. The van der Waals surface area contributed by atoms with E-state index in [1.807, 2.05) is 0 Å². The molecule has 0 unspecified atom stereocenters. The van der Waals surface area contributed by atoms with Crippen LogP contribution in [0.2, 0.25) is 0 Å². The zero-order valence-corrected chi connectivity index (χ0v) is 5.89. The highest BCUT2D eigenvalue weighted by Crippen LogP contribution is 2.12. The first-order valence-corrected chi connectivity index (χ1v) is 2.42. The van der Waals surface area contributed by atoms with Crippen molar-refractivity contribution in [1.82, 2.24) is 0 Å². The first-order valence-electron chi connectivity index (χ1n) is 2.42. The third kappa shape index (κ3) is 3.30. The second-order valence-electron chi connectivity index (χ2n) is 1.66. The molecule has 0 fully saturated rings. The molecule has 0 saturated carbocycles. The van der Waals surface area contributed by atoms with Gasteiger partial charge < -0.3 is 0 Å². The molecule has 0 atom stereocenters. The van der Waals surface area contributed by atoms with Gasteiger partial charge >= 0.3 is 0 Å². The van der Waals surface area contributed by atoms with E-state index in [-0.39, 0.29) is 14.1 Å². The van der Waals surface area contributed by atoms with E-state index in [1.54, 1.807) is 0 Å². The van der Waals surface area contributed by atoms with Gasteiger partial charge in [0.15, 0.2) is 23.3 Å². The Morgan fingerprint density at radius 1 is 0.615 bits per heavy atom. The monoisotopic (exact) mass is 210 g/mol. The highest BCUT2D eigenvalue weighted by atomic mass is 19.2. The van der Waals surface area contributed by atoms with Crippen LogP contribution in [-0.2, 0) is 0 Å². The van der Waals surface area contributed by atoms with E-state index in [4.69, 9.17) is 0 Å². The zero-order valence-electron chi connectivity index (χ0n) is 5.89. The van der Waals surface area contributed by atoms with Crippen LogP contribution in [0.4, 0.5) is 31.7 Å². The Bertz CT molecular complexity index is 232. The van der Waals surface area contributed by atoms with Crippen molar-refractivity contribution >= 4 is 0 Å². The van der Waals surface area contributed by atoms with Gasteiger partial charge in [-0.25, -0.2) is 17.6 Å². The number of rotatable bonds is 0. The van der Waals surface area contributed by atoms with E-state index >= 15 is 0 Å². The van der Waals surface area contributed by atoms with Gasteiger partial charge in [-0.05, 0) is 12.1 Å². The topological polar surface area (TPSA) is 0 Å². The zero-order chi connectivity index (χ0) is 7.72. The minimum absolute atomic E-state index is 0. The van der Waals surface area contributed by atoms with Crippen LogP contribution in [0.1, 0.15) is 0 Å². The molecule has 78 valence electrons. The Kier molecular flexibility index (Phi) is 8.54. The Morgan fingerprint density at radius 2 is 0.846 bits per heavy atom. The molecule has 1 aromatic carbocycles. The van der Waals surface area contributed by atoms with Crippen molar-refractivity contribution in [3.63, 3.8) is 0 Å². The fourth-order valence-electron chi connectivity index (χ4n) is 0.502. The molecule has 0 N–H and O–H groups in total. The third-order valence-electron chi connectivity index (χ3n) is 0.988. The lowest BCUT2D eigenvalue weighted by atomic mass is 10.3. The van der Waals surface area contributed by atoms with Crippen molar-refractivity contribution < 1.29 is 31.7 Å². The number of hydrogen-bond acceptors (Lipinski definition) is 0. The van der Waals surface area contributed by atoms with Crippen molar-refractivity contribution in [3.8, 4) is 0 Å². The number of hydrogen-bond donors (Lipinski definition) is 0. The minimum atomic E-state index is -1.78. The first-order chi connectivity index (χ1) is 4.63. The van der Waals surface area contributed by atoms with Gasteiger partial charge in [-0.3, -0.25) is 14.1 Å². The molecule has 0 bridgehead atoms. The van der Waals surface area contributed by atoms with E-state index in [0.717, 1.165) is 0 Å². The normalized spacial score (nSPS) is 7.69. The second-order valence-corrected chi connectivity index (χ2v) is 1.66. The molecule has 0 aliphatic carbocycles. The summed E-state index contributed by atoms with van der Waals surface area (Å²) < 4.78 is 48.0. The predicted octanol–water partition coefficient (Wildman–Crippen LogP) is 2.70. The van der Waals surface area contributed by atoms with Crippen molar-refractivity contribution in [1.29, 1.82) is 0 Å². The summed E-state index contributed by atoms with van der Waals surface area (Å²) in [6.07, 6.45) is 0. The quantitative estimate of drug-likeness (QED) is 0.351. The first kappa shape index (κ1) is 17.7. The summed E-state index contributed by atoms with van der Waals surface area (Å²) in [6, 6.07) is 1.04. The van der Waals surface area contributed by atoms with Gasteiger partial charge in [0.05, 0.1) is 0 Å². The average Bonchev–Trinajstić information content (AvgIpc) is 1.93. The molecule has 0 amide bonds. The Balaban J connectivity index is -0.000000333. The molecule has 13 heavy (non-hydrogen) atoms. The standard InChI is InChI=1S/C6H2F4.3FH/c7-3-1-2-4(8)6(10)5(3)9;;;/h1-2H;3*1H. The summed E-state index contributed by atoms with van der Waals surface area (Å²) in [6.45, 7) is 0. The summed E-state index contributed by atoms with van der Waals surface area (Å²) >= 11 is 0. The van der Waals surface area contributed by atoms with Crippen LogP contribution >= 0.6 is 0 Å². The highest BCUT2D eigenvalue weighted by molar-refractivity contribution is 5.10. The van der Waals surface area contributed by atoms with E-state index in [1.165, 1.54) is 0 Å². The molecule has 0 aliphatic heterocycles. The van der Waals surface area contributed by atoms with Crippen molar-refractivity contribution in [3.05, 3.63) is 35.4 Å². The Hall–Kier alpha value is -1.27. The maximum absolute atomic E-state index is 12.0. The minimum Gasteiger partial charge on any atom is -0.269 e. The van der Waals surface area contributed by atoms with Gasteiger partial charge in [-0.2, -0.15) is 0 Å². The lowest BCUT2D eigenvalue weighted by Crippen LogP contribution is -1.93. The van der Waals surface area contributed by atoms with Crippen LogP contribution in [0, 0.1) is 23.3 Å². The third-order valence-corrected chi connectivity index (χ3v) is 0.988. The predicted molar refractivity (Wildman–Crippen MR) is 33.8 cm³/mol. The van der Waals surface area contributed by atoms with Gasteiger partial charge in [0.1, 0.15) is 0 Å². The summed E-state index contributed by atoms with van der Waals surface area (Å²) in [5, 5.41) is 0. The fraction of sp³-hybridized carbons (Fsp3) is 0. The van der Waals surface area contributed by atoms with Crippen LogP contribution in [0.25, 0.3) is 0 Å². The van der Waals surface area contributed by atoms with E-state index < -0.39 is 23.3 Å². The van der Waals surface area contributed by atoms with Crippen LogP contribution in [0.15, 0.2) is 12.1 Å². The van der Waals surface area contributed by atoms with Gasteiger partial charge in [-0.1, -0.05) is 0 Å². The molecule has 0 nitrogen and oxygen atoms in total. The molecular formula is C6H5F7. The Labute approximate surface area is 68.3 Å². The molecule has 0 heterocycles. The Morgan fingerprint density at radius 3 is 1.08 bits per heavy atom. The van der Waals surface area contributed by atoms with Crippen molar-refractivity contribution in [2.75, 3.05) is 0 Å². The van der Waals surface area contributed by atoms with Crippen LogP contribution in [0.5, 0.6) is 0 Å². The van der Waals surface area contributed by atoms with E-state index in [2.05, 4.69) is 0 Å². The van der Waals surface area contributed by atoms with Gasteiger partial charge in [0.2, 0.25) is 0 Å². The van der Waals surface area contributed by atoms with Crippen LogP contribution in [0.3, 0.4) is 0 Å². The van der Waals surface area contributed by atoms with Gasteiger partial charge in [0.25, 0.3) is 0 Å². The van der Waals surface area contributed by atoms with E-state index in [0.29, 0.717) is 12.1 Å². The maximum atomic E-state index is 12.0. The molecule has 0 saturated heterocycles. The number of halogens is 7. The molecule has 1 rings (SSSR count). The summed E-state index contributed by atoms with van der Waals surface area (Å²) in [5.74, 6) is -6.34. The molecule has 0 radical (unpaired) electrons. The van der Waals surface area contributed by atoms with Crippen molar-refractivity contribution in [2.45, 2.75) is 0 Å². The molecular weight excluding hydrogens is 205 g/mol. The molecule has 1 aromatic rings. The van der Waals surface area contributed by atoms with Crippen LogP contribution < -0.4 is 0 Å². The molecule has 0 aliphatic rings. The summed E-state index contributed by atoms with van der Waals surface area (Å²) in [5.41, 5.74) is 0. The molecule has 7 heteroatoms. The van der Waals surface area contributed by atoms with Gasteiger partial charge in [0, 0.05) is 0 Å². The van der Waals surface area contributed by atoms with Crippen LogP contribution in [-0.4, -0.2) is 0 Å². The number of benzene rings is 1. The molecule has 0 aromatic heterocycles. The second kappa shape index (κ2) is 6.27. The van der Waals surface area contributed by atoms with E-state index in [9.17, 15) is 17.6 Å². The van der Waals surface area contributed by atoms with Crippen molar-refractivity contribution in [2.24, 2.45) is 0 Å².